The summed E-state index contributed by atoms with van der Waals surface area (Å²) < 4.78 is 65.1. The Bertz CT molecular complexity index is 704. The molecule has 2 aliphatic heterocycles. The lowest BCUT2D eigenvalue weighted by Crippen LogP contribution is -2.51. The molecule has 0 radical (unpaired) electrons. The number of carbonyl (C=O) groups excluding carboxylic acids is 1. The SMILES string of the molecule is O=C1N(CC(O)NCC(F)(F)F)c2ccc(F)c(F)c2C12CCNCC2. The van der Waals surface area contributed by atoms with E-state index < -0.39 is 48.5 Å². The van der Waals surface area contributed by atoms with Crippen LogP contribution in [0.15, 0.2) is 12.1 Å². The zero-order valence-electron chi connectivity index (χ0n) is 13.7. The Morgan fingerprint density at radius 2 is 1.92 bits per heavy atom. The molecule has 3 N–H and O–H groups in total. The second-order valence-corrected chi connectivity index (χ2v) is 6.52. The molecule has 1 aromatic carbocycles. The van der Waals surface area contributed by atoms with Crippen molar-refractivity contribution < 1.29 is 31.9 Å². The van der Waals surface area contributed by atoms with Gasteiger partial charge in [-0.1, -0.05) is 0 Å². The van der Waals surface area contributed by atoms with Gasteiger partial charge in [-0.15, -0.1) is 0 Å². The van der Waals surface area contributed by atoms with Gasteiger partial charge in [0, 0.05) is 5.56 Å². The molecular formula is C16H18F5N3O2. The van der Waals surface area contributed by atoms with Crippen LogP contribution in [0, 0.1) is 11.6 Å². The molecule has 2 heterocycles. The number of nitrogens with zero attached hydrogens (tertiary/aromatic N) is 1. The number of carbonyl (C=O) groups is 1. The molecule has 0 saturated carbocycles. The number of aliphatic hydroxyl groups is 1. The summed E-state index contributed by atoms with van der Waals surface area (Å²) in [6, 6.07) is 2.09. The molecule has 1 spiro atoms. The number of aliphatic hydroxyl groups excluding tert-OH is 1. The number of alkyl halides is 3. The van der Waals surface area contributed by atoms with Crippen molar-refractivity contribution in [2.24, 2.45) is 0 Å². The number of fused-ring (bicyclic) bond motifs is 2. The lowest BCUT2D eigenvalue weighted by atomic mass is 9.74. The number of piperidine rings is 1. The van der Waals surface area contributed by atoms with Crippen molar-refractivity contribution in [2.45, 2.75) is 30.7 Å². The van der Waals surface area contributed by atoms with Gasteiger partial charge in [0.25, 0.3) is 0 Å². The summed E-state index contributed by atoms with van der Waals surface area (Å²) >= 11 is 0. The Morgan fingerprint density at radius 3 is 2.54 bits per heavy atom. The Hall–Kier alpha value is -1.78. The molecule has 1 atom stereocenters. The third kappa shape index (κ3) is 3.28. The van der Waals surface area contributed by atoms with Crippen molar-refractivity contribution >= 4 is 11.6 Å². The average molecular weight is 379 g/mol. The highest BCUT2D eigenvalue weighted by Crippen LogP contribution is 2.48. The zero-order chi connectivity index (χ0) is 19.1. The van der Waals surface area contributed by atoms with Crippen LogP contribution in [0.2, 0.25) is 0 Å². The first-order chi connectivity index (χ1) is 12.2. The zero-order valence-corrected chi connectivity index (χ0v) is 13.7. The summed E-state index contributed by atoms with van der Waals surface area (Å²) in [6.45, 7) is -1.09. The molecule has 1 amide bonds. The second kappa shape index (κ2) is 6.75. The molecule has 1 fully saturated rings. The van der Waals surface area contributed by atoms with E-state index in [2.05, 4.69) is 5.32 Å². The summed E-state index contributed by atoms with van der Waals surface area (Å²) in [7, 11) is 0. The van der Waals surface area contributed by atoms with E-state index in [1.807, 2.05) is 5.32 Å². The lowest BCUT2D eigenvalue weighted by Gasteiger charge is -2.33. The van der Waals surface area contributed by atoms with Gasteiger partial charge in [0.15, 0.2) is 11.6 Å². The fourth-order valence-corrected chi connectivity index (χ4v) is 3.66. The number of β-amino-alcohol motifs (C(OH)–C–C–N with tert-alkyl or cyclic N) is 1. The van der Waals surface area contributed by atoms with Crippen LogP contribution in [-0.2, 0) is 10.2 Å². The van der Waals surface area contributed by atoms with Gasteiger partial charge in [0.2, 0.25) is 5.91 Å². The Morgan fingerprint density at radius 1 is 1.27 bits per heavy atom. The Kier molecular flexibility index (Phi) is 4.93. The number of halogens is 5. The molecule has 26 heavy (non-hydrogen) atoms. The number of rotatable bonds is 4. The van der Waals surface area contributed by atoms with E-state index in [0.717, 1.165) is 11.0 Å². The van der Waals surface area contributed by atoms with Gasteiger partial charge in [-0.05, 0) is 38.1 Å². The molecule has 1 aromatic rings. The van der Waals surface area contributed by atoms with Gasteiger partial charge >= 0.3 is 6.18 Å². The van der Waals surface area contributed by atoms with E-state index in [9.17, 15) is 31.9 Å². The molecule has 10 heteroatoms. The molecule has 0 aromatic heterocycles. The standard InChI is InChI=1S/C16H18F5N3O2/c17-9-1-2-10-12(13(9)18)15(3-5-22-6-4-15)14(26)24(10)7-11(25)23-8-16(19,20)21/h1-2,11,22-23,25H,3-8H2. The summed E-state index contributed by atoms with van der Waals surface area (Å²) in [5.41, 5.74) is -1.26. The van der Waals surface area contributed by atoms with Crippen LogP contribution < -0.4 is 15.5 Å². The van der Waals surface area contributed by atoms with E-state index >= 15 is 0 Å². The molecule has 2 aliphatic rings. The van der Waals surface area contributed by atoms with Gasteiger partial charge in [-0.3, -0.25) is 10.1 Å². The minimum Gasteiger partial charge on any atom is -0.377 e. The van der Waals surface area contributed by atoms with Crippen molar-refractivity contribution in [3.8, 4) is 0 Å². The summed E-state index contributed by atoms with van der Waals surface area (Å²) in [5.74, 6) is -2.75. The average Bonchev–Trinajstić information content (AvgIpc) is 2.79. The molecule has 1 unspecified atom stereocenters. The van der Waals surface area contributed by atoms with Crippen LogP contribution in [0.3, 0.4) is 0 Å². The molecule has 3 rings (SSSR count). The van der Waals surface area contributed by atoms with Crippen LogP contribution in [0.25, 0.3) is 0 Å². The number of hydrogen-bond acceptors (Lipinski definition) is 4. The molecule has 144 valence electrons. The number of anilines is 1. The topological polar surface area (TPSA) is 64.6 Å². The fourth-order valence-electron chi connectivity index (χ4n) is 3.66. The minimum atomic E-state index is -4.53. The number of benzene rings is 1. The fraction of sp³-hybridized carbons (Fsp3) is 0.562. The van der Waals surface area contributed by atoms with Crippen molar-refractivity contribution in [1.29, 1.82) is 0 Å². The van der Waals surface area contributed by atoms with Crippen molar-refractivity contribution in [3.63, 3.8) is 0 Å². The third-order valence-electron chi connectivity index (χ3n) is 4.85. The molecule has 5 nitrogen and oxygen atoms in total. The van der Waals surface area contributed by atoms with Gasteiger partial charge in [0.1, 0.15) is 6.23 Å². The lowest BCUT2D eigenvalue weighted by molar-refractivity contribution is -0.131. The van der Waals surface area contributed by atoms with Crippen LogP contribution in [0.5, 0.6) is 0 Å². The Balaban J connectivity index is 1.91. The summed E-state index contributed by atoms with van der Waals surface area (Å²) in [5, 5.41) is 14.8. The molecule has 1 saturated heterocycles. The molecular weight excluding hydrogens is 361 g/mol. The summed E-state index contributed by atoms with van der Waals surface area (Å²) in [4.78, 5) is 14.0. The van der Waals surface area contributed by atoms with Gasteiger partial charge in [-0.25, -0.2) is 8.78 Å². The molecule has 0 aliphatic carbocycles. The maximum atomic E-state index is 14.5. The first-order valence-electron chi connectivity index (χ1n) is 8.15. The Labute approximate surface area is 146 Å². The first-order valence-corrected chi connectivity index (χ1v) is 8.15. The highest BCUT2D eigenvalue weighted by atomic mass is 19.4. The highest BCUT2D eigenvalue weighted by Gasteiger charge is 2.53. The number of nitrogens with one attached hydrogen (secondary N) is 2. The maximum absolute atomic E-state index is 14.5. The number of amides is 1. The van der Waals surface area contributed by atoms with Gasteiger partial charge < -0.3 is 15.3 Å². The minimum absolute atomic E-state index is 0.0768. The van der Waals surface area contributed by atoms with E-state index in [0.29, 0.717) is 13.1 Å². The van der Waals surface area contributed by atoms with E-state index in [1.54, 1.807) is 0 Å². The van der Waals surface area contributed by atoms with Crippen LogP contribution >= 0.6 is 0 Å². The van der Waals surface area contributed by atoms with Gasteiger partial charge in [-0.2, -0.15) is 13.2 Å². The monoisotopic (exact) mass is 379 g/mol. The first kappa shape index (κ1) is 19.0. The largest absolute Gasteiger partial charge is 0.401 e. The normalized spacial score (nSPS) is 20.5. The van der Waals surface area contributed by atoms with Crippen molar-refractivity contribution in [2.75, 3.05) is 31.1 Å². The quantitative estimate of drug-likeness (QED) is 0.547. The predicted octanol–water partition coefficient (Wildman–Crippen LogP) is 1.40. The second-order valence-electron chi connectivity index (χ2n) is 6.52. The van der Waals surface area contributed by atoms with E-state index in [1.165, 1.54) is 6.07 Å². The maximum Gasteiger partial charge on any atom is 0.401 e. The van der Waals surface area contributed by atoms with Crippen molar-refractivity contribution in [1.82, 2.24) is 10.6 Å². The highest BCUT2D eigenvalue weighted by molar-refractivity contribution is 6.08. The number of hydrogen-bond donors (Lipinski definition) is 3. The van der Waals surface area contributed by atoms with Crippen molar-refractivity contribution in [3.05, 3.63) is 29.3 Å². The van der Waals surface area contributed by atoms with E-state index in [-0.39, 0.29) is 24.1 Å². The third-order valence-corrected chi connectivity index (χ3v) is 4.85. The van der Waals surface area contributed by atoms with Crippen LogP contribution in [-0.4, -0.2) is 49.6 Å². The smallest absolute Gasteiger partial charge is 0.377 e. The van der Waals surface area contributed by atoms with E-state index in [4.69, 9.17) is 0 Å². The molecule has 0 bridgehead atoms. The predicted molar refractivity (Wildman–Crippen MR) is 82.6 cm³/mol. The van der Waals surface area contributed by atoms with Crippen LogP contribution in [0.1, 0.15) is 18.4 Å². The van der Waals surface area contributed by atoms with Gasteiger partial charge in [0.05, 0.1) is 24.2 Å². The summed E-state index contributed by atoms with van der Waals surface area (Å²) in [6.07, 6.45) is -5.72. The van der Waals surface area contributed by atoms with Crippen LogP contribution in [0.4, 0.5) is 27.6 Å².